The number of aromatic nitrogens is 2. The molecule has 0 fully saturated rings. The molecular weight excluding hydrogens is 284 g/mol. The van der Waals surface area contributed by atoms with Crippen LogP contribution in [0.5, 0.6) is 0 Å². The fourth-order valence-corrected chi connectivity index (χ4v) is 2.84. The summed E-state index contributed by atoms with van der Waals surface area (Å²) >= 11 is 0. The van der Waals surface area contributed by atoms with Gasteiger partial charge in [0.1, 0.15) is 5.52 Å². The molecule has 0 atom stereocenters. The van der Waals surface area contributed by atoms with E-state index in [2.05, 4.69) is 55.7 Å². The first-order valence-corrected chi connectivity index (χ1v) is 7.74. The van der Waals surface area contributed by atoms with E-state index >= 15 is 0 Å². The Kier molecular flexibility index (Phi) is 3.08. The van der Waals surface area contributed by atoms with Crippen LogP contribution in [-0.4, -0.2) is 9.55 Å². The molecule has 2 aromatic heterocycles. The van der Waals surface area contributed by atoms with Crippen LogP contribution in [0.2, 0.25) is 0 Å². The van der Waals surface area contributed by atoms with Crippen molar-refractivity contribution in [3.05, 3.63) is 71.5 Å². The number of hydrogen-bond donors (Lipinski definition) is 0. The summed E-state index contributed by atoms with van der Waals surface area (Å²) in [5, 5.41) is 0. The van der Waals surface area contributed by atoms with Crippen molar-refractivity contribution in [2.45, 2.75) is 20.8 Å². The SMILES string of the molecule is Cc1ccc(-c2nc3cc(-n4cccc4)cc(C)c3o2)cc1C. The van der Waals surface area contributed by atoms with Crippen LogP contribution in [0.4, 0.5) is 0 Å². The maximum absolute atomic E-state index is 6.03. The van der Waals surface area contributed by atoms with Gasteiger partial charge in [0.25, 0.3) is 0 Å². The predicted octanol–water partition coefficient (Wildman–Crippen LogP) is 5.21. The van der Waals surface area contributed by atoms with E-state index in [0.29, 0.717) is 5.89 Å². The Hall–Kier alpha value is -2.81. The Balaban J connectivity index is 1.87. The van der Waals surface area contributed by atoms with Gasteiger partial charge in [0.2, 0.25) is 5.89 Å². The minimum Gasteiger partial charge on any atom is -0.436 e. The van der Waals surface area contributed by atoms with Gasteiger partial charge in [-0.3, -0.25) is 0 Å². The van der Waals surface area contributed by atoms with E-state index in [1.54, 1.807) is 0 Å². The molecule has 0 aliphatic carbocycles. The van der Waals surface area contributed by atoms with Gasteiger partial charge >= 0.3 is 0 Å². The van der Waals surface area contributed by atoms with Crippen LogP contribution >= 0.6 is 0 Å². The van der Waals surface area contributed by atoms with Crippen LogP contribution in [0.3, 0.4) is 0 Å². The third-order valence-electron chi connectivity index (χ3n) is 4.32. The zero-order chi connectivity index (χ0) is 16.0. The number of fused-ring (bicyclic) bond motifs is 1. The number of hydrogen-bond acceptors (Lipinski definition) is 2. The molecule has 114 valence electrons. The first-order valence-electron chi connectivity index (χ1n) is 7.74. The van der Waals surface area contributed by atoms with E-state index in [1.165, 1.54) is 11.1 Å². The van der Waals surface area contributed by atoms with Gasteiger partial charge in [0.15, 0.2) is 5.58 Å². The fraction of sp³-hybridized carbons (Fsp3) is 0.150. The summed E-state index contributed by atoms with van der Waals surface area (Å²) in [4.78, 5) is 4.71. The van der Waals surface area contributed by atoms with Crippen molar-refractivity contribution in [3.63, 3.8) is 0 Å². The zero-order valence-electron chi connectivity index (χ0n) is 13.5. The Bertz CT molecular complexity index is 994. The third kappa shape index (κ3) is 2.34. The second-order valence-corrected chi connectivity index (χ2v) is 6.02. The van der Waals surface area contributed by atoms with Crippen molar-refractivity contribution in [1.29, 1.82) is 0 Å². The number of nitrogens with zero attached hydrogens (tertiary/aromatic N) is 2. The normalized spacial score (nSPS) is 11.3. The lowest BCUT2D eigenvalue weighted by atomic mass is 10.1. The highest BCUT2D eigenvalue weighted by atomic mass is 16.3. The molecule has 3 heteroatoms. The lowest BCUT2D eigenvalue weighted by Crippen LogP contribution is -1.90. The molecule has 2 heterocycles. The summed E-state index contributed by atoms with van der Waals surface area (Å²) in [5.74, 6) is 0.677. The van der Waals surface area contributed by atoms with Crippen molar-refractivity contribution in [3.8, 4) is 17.1 Å². The van der Waals surface area contributed by atoms with Gasteiger partial charge in [-0.1, -0.05) is 6.07 Å². The second kappa shape index (κ2) is 5.13. The minimum atomic E-state index is 0.677. The van der Waals surface area contributed by atoms with E-state index < -0.39 is 0 Å². The Labute approximate surface area is 135 Å². The van der Waals surface area contributed by atoms with E-state index in [0.717, 1.165) is 27.9 Å². The summed E-state index contributed by atoms with van der Waals surface area (Å²) in [7, 11) is 0. The van der Waals surface area contributed by atoms with Crippen LogP contribution in [-0.2, 0) is 0 Å². The maximum Gasteiger partial charge on any atom is 0.227 e. The topological polar surface area (TPSA) is 31.0 Å². The molecule has 0 aliphatic rings. The van der Waals surface area contributed by atoms with E-state index in [-0.39, 0.29) is 0 Å². The molecule has 0 amide bonds. The van der Waals surface area contributed by atoms with Gasteiger partial charge in [0, 0.05) is 23.6 Å². The average Bonchev–Trinajstić information content (AvgIpc) is 3.18. The third-order valence-corrected chi connectivity index (χ3v) is 4.32. The van der Waals surface area contributed by atoms with E-state index in [9.17, 15) is 0 Å². The van der Waals surface area contributed by atoms with E-state index in [4.69, 9.17) is 9.40 Å². The number of benzene rings is 2. The number of oxazole rings is 1. The summed E-state index contributed by atoms with van der Waals surface area (Å²) in [6, 6.07) is 14.5. The van der Waals surface area contributed by atoms with Gasteiger partial charge < -0.3 is 8.98 Å². The van der Waals surface area contributed by atoms with Gasteiger partial charge in [-0.25, -0.2) is 4.98 Å². The molecule has 23 heavy (non-hydrogen) atoms. The van der Waals surface area contributed by atoms with Crippen molar-refractivity contribution in [2.24, 2.45) is 0 Å². The summed E-state index contributed by atoms with van der Waals surface area (Å²) in [6.45, 7) is 6.28. The lowest BCUT2D eigenvalue weighted by molar-refractivity contribution is 0.617. The molecule has 0 saturated heterocycles. The first-order chi connectivity index (χ1) is 11.1. The van der Waals surface area contributed by atoms with Gasteiger partial charge in [-0.05, 0) is 73.9 Å². The molecule has 0 aliphatic heterocycles. The average molecular weight is 302 g/mol. The highest BCUT2D eigenvalue weighted by Gasteiger charge is 2.12. The Morgan fingerprint density at radius 3 is 2.39 bits per heavy atom. The number of aryl methyl sites for hydroxylation is 3. The molecule has 2 aromatic carbocycles. The molecule has 4 aromatic rings. The molecule has 0 N–H and O–H groups in total. The minimum absolute atomic E-state index is 0.677. The quantitative estimate of drug-likeness (QED) is 0.509. The largest absolute Gasteiger partial charge is 0.436 e. The van der Waals surface area contributed by atoms with E-state index in [1.807, 2.05) is 24.5 Å². The van der Waals surface area contributed by atoms with Crippen LogP contribution in [0.15, 0.2) is 59.3 Å². The molecule has 4 rings (SSSR count). The van der Waals surface area contributed by atoms with Crippen molar-refractivity contribution in [1.82, 2.24) is 9.55 Å². The van der Waals surface area contributed by atoms with Crippen molar-refractivity contribution < 1.29 is 4.42 Å². The van der Waals surface area contributed by atoms with Gasteiger partial charge in [-0.15, -0.1) is 0 Å². The van der Waals surface area contributed by atoms with Crippen LogP contribution in [0, 0.1) is 20.8 Å². The van der Waals surface area contributed by atoms with Crippen LogP contribution in [0.1, 0.15) is 16.7 Å². The van der Waals surface area contributed by atoms with Gasteiger partial charge in [-0.2, -0.15) is 0 Å². The molecule has 0 unspecified atom stereocenters. The first kappa shape index (κ1) is 13.8. The predicted molar refractivity (Wildman–Crippen MR) is 93.0 cm³/mol. The highest BCUT2D eigenvalue weighted by molar-refractivity contribution is 5.81. The number of rotatable bonds is 2. The Morgan fingerprint density at radius 1 is 0.870 bits per heavy atom. The van der Waals surface area contributed by atoms with Crippen molar-refractivity contribution in [2.75, 3.05) is 0 Å². The molecule has 0 radical (unpaired) electrons. The van der Waals surface area contributed by atoms with Crippen molar-refractivity contribution >= 4 is 11.1 Å². The smallest absolute Gasteiger partial charge is 0.227 e. The fourth-order valence-electron chi connectivity index (χ4n) is 2.84. The lowest BCUT2D eigenvalue weighted by Gasteiger charge is -2.03. The summed E-state index contributed by atoms with van der Waals surface area (Å²) < 4.78 is 8.11. The molecular formula is C20H18N2O. The Morgan fingerprint density at radius 2 is 1.65 bits per heavy atom. The van der Waals surface area contributed by atoms with Gasteiger partial charge in [0.05, 0.1) is 0 Å². The van der Waals surface area contributed by atoms with Crippen LogP contribution < -0.4 is 0 Å². The standard InChI is InChI=1S/C20H18N2O/c1-13-6-7-16(10-14(13)2)20-21-18-12-17(22-8-4-5-9-22)11-15(3)19(18)23-20/h4-12H,1-3H3. The van der Waals surface area contributed by atoms with Crippen LogP contribution in [0.25, 0.3) is 28.2 Å². The maximum atomic E-state index is 6.03. The summed E-state index contributed by atoms with van der Waals surface area (Å²) in [6.07, 6.45) is 4.07. The zero-order valence-corrected chi connectivity index (χ0v) is 13.5. The molecule has 0 saturated carbocycles. The summed E-state index contributed by atoms with van der Waals surface area (Å²) in [5.41, 5.74) is 7.47. The molecule has 3 nitrogen and oxygen atoms in total. The molecule has 0 bridgehead atoms. The molecule has 0 spiro atoms. The highest BCUT2D eigenvalue weighted by Crippen LogP contribution is 2.29. The monoisotopic (exact) mass is 302 g/mol. The second-order valence-electron chi connectivity index (χ2n) is 6.02.